The average Bonchev–Trinajstić information content (AvgIpc) is 2.54. The lowest BCUT2D eigenvalue weighted by atomic mass is 10.1. The molecule has 23 heavy (non-hydrogen) atoms. The summed E-state index contributed by atoms with van der Waals surface area (Å²) in [4.78, 5) is 25.6. The molecule has 6 heteroatoms. The van der Waals surface area contributed by atoms with E-state index in [0.29, 0.717) is 21.8 Å². The van der Waals surface area contributed by atoms with Gasteiger partial charge in [-0.15, -0.1) is 0 Å². The molecule has 0 aliphatic heterocycles. The third kappa shape index (κ3) is 4.02. The molecule has 0 radical (unpaired) electrons. The molecule has 5 nitrogen and oxygen atoms in total. The van der Waals surface area contributed by atoms with Gasteiger partial charge in [0.1, 0.15) is 0 Å². The number of esters is 1. The number of methoxy groups -OCH3 is 1. The van der Waals surface area contributed by atoms with Gasteiger partial charge >= 0.3 is 5.97 Å². The highest BCUT2D eigenvalue weighted by Crippen LogP contribution is 2.28. The van der Waals surface area contributed by atoms with Crippen molar-refractivity contribution in [3.05, 3.63) is 58.6 Å². The molecule has 0 heterocycles. The molecule has 120 valence electrons. The Morgan fingerprint density at radius 2 is 1.65 bits per heavy atom. The molecule has 0 fully saturated rings. The molecule has 0 atom stereocenters. The Morgan fingerprint density at radius 1 is 1.04 bits per heavy atom. The molecular formula is C17H17ClN2O3. The number of amides is 1. The molecule has 0 bridgehead atoms. The van der Waals surface area contributed by atoms with Crippen molar-refractivity contribution >= 4 is 34.9 Å². The van der Waals surface area contributed by atoms with Crippen molar-refractivity contribution in [1.82, 2.24) is 0 Å². The van der Waals surface area contributed by atoms with Crippen molar-refractivity contribution in [3.63, 3.8) is 0 Å². The topological polar surface area (TPSA) is 58.6 Å². The fourth-order valence-electron chi connectivity index (χ4n) is 2.07. The zero-order valence-electron chi connectivity index (χ0n) is 13.1. The molecule has 2 rings (SSSR count). The number of carbonyl (C=O) groups excluding carboxylic acids is 2. The van der Waals surface area contributed by atoms with Crippen LogP contribution in [0.3, 0.4) is 0 Å². The van der Waals surface area contributed by atoms with Crippen LogP contribution >= 0.6 is 11.6 Å². The van der Waals surface area contributed by atoms with E-state index in [1.54, 1.807) is 36.4 Å². The van der Waals surface area contributed by atoms with Gasteiger partial charge in [-0.2, -0.15) is 0 Å². The summed E-state index contributed by atoms with van der Waals surface area (Å²) >= 11 is 6.00. The molecule has 2 aromatic carbocycles. The molecule has 0 aliphatic carbocycles. The highest BCUT2D eigenvalue weighted by molar-refractivity contribution is 6.31. The van der Waals surface area contributed by atoms with Gasteiger partial charge < -0.3 is 15.0 Å². The van der Waals surface area contributed by atoms with Crippen LogP contribution in [0.5, 0.6) is 0 Å². The quantitative estimate of drug-likeness (QED) is 0.871. The lowest BCUT2D eigenvalue weighted by Crippen LogP contribution is -2.17. The van der Waals surface area contributed by atoms with Gasteiger partial charge in [0, 0.05) is 24.7 Å². The van der Waals surface area contributed by atoms with Gasteiger partial charge in [-0.3, -0.25) is 4.79 Å². The van der Waals surface area contributed by atoms with Crippen LogP contribution in [0.15, 0.2) is 42.5 Å². The summed E-state index contributed by atoms with van der Waals surface area (Å²) in [5, 5.41) is 3.36. The number of halogens is 1. The Kier molecular flexibility index (Phi) is 5.24. The van der Waals surface area contributed by atoms with Crippen molar-refractivity contribution < 1.29 is 14.3 Å². The van der Waals surface area contributed by atoms with Crippen molar-refractivity contribution in [2.24, 2.45) is 0 Å². The van der Waals surface area contributed by atoms with E-state index < -0.39 is 5.97 Å². The van der Waals surface area contributed by atoms with E-state index in [0.717, 1.165) is 5.69 Å². The number of rotatable bonds is 4. The van der Waals surface area contributed by atoms with E-state index in [1.807, 2.05) is 25.1 Å². The third-order valence-electron chi connectivity index (χ3n) is 3.26. The van der Waals surface area contributed by atoms with Crippen LogP contribution in [-0.2, 0) is 4.74 Å². The van der Waals surface area contributed by atoms with E-state index in [9.17, 15) is 9.59 Å². The van der Waals surface area contributed by atoms with Gasteiger partial charge in [-0.05, 0) is 42.5 Å². The fraction of sp³-hybridized carbons (Fsp3) is 0.176. The Hall–Kier alpha value is -2.53. The van der Waals surface area contributed by atoms with Crippen molar-refractivity contribution in [1.29, 1.82) is 0 Å². The van der Waals surface area contributed by atoms with Crippen LogP contribution in [0.4, 0.5) is 11.4 Å². The van der Waals surface area contributed by atoms with Crippen LogP contribution in [-0.4, -0.2) is 33.1 Å². The first-order valence-electron chi connectivity index (χ1n) is 6.89. The summed E-state index contributed by atoms with van der Waals surface area (Å²) in [5.41, 5.74) is 2.28. The average molecular weight is 333 g/mol. The molecule has 0 aliphatic rings. The van der Waals surface area contributed by atoms with Gasteiger partial charge in [0.25, 0.3) is 5.91 Å². The third-order valence-corrected chi connectivity index (χ3v) is 3.49. The predicted octanol–water partition coefficient (Wildman–Crippen LogP) is 3.44. The van der Waals surface area contributed by atoms with Gasteiger partial charge in [0.2, 0.25) is 0 Å². The van der Waals surface area contributed by atoms with E-state index in [4.69, 9.17) is 11.6 Å². The maximum Gasteiger partial charge on any atom is 0.337 e. The lowest BCUT2D eigenvalue weighted by molar-refractivity contribution is 0.0600. The fourth-order valence-corrected chi connectivity index (χ4v) is 2.24. The van der Waals surface area contributed by atoms with Gasteiger partial charge in [-0.1, -0.05) is 11.6 Å². The van der Waals surface area contributed by atoms with E-state index in [2.05, 4.69) is 10.1 Å². The second-order valence-corrected chi connectivity index (χ2v) is 5.52. The minimum atomic E-state index is -0.443. The highest BCUT2D eigenvalue weighted by atomic mass is 35.5. The maximum absolute atomic E-state index is 12.4. The van der Waals surface area contributed by atoms with Crippen LogP contribution < -0.4 is 10.2 Å². The summed E-state index contributed by atoms with van der Waals surface area (Å²) in [7, 11) is 5.07. The summed E-state index contributed by atoms with van der Waals surface area (Å²) in [6.07, 6.45) is 0. The minimum Gasteiger partial charge on any atom is -0.465 e. The zero-order chi connectivity index (χ0) is 17.0. The largest absolute Gasteiger partial charge is 0.465 e. The van der Waals surface area contributed by atoms with E-state index >= 15 is 0 Å². The van der Waals surface area contributed by atoms with Crippen LogP contribution in [0.1, 0.15) is 20.7 Å². The first-order chi connectivity index (χ1) is 10.9. The smallest absolute Gasteiger partial charge is 0.337 e. The van der Waals surface area contributed by atoms with Crippen LogP contribution in [0.2, 0.25) is 5.02 Å². The molecule has 0 saturated heterocycles. The molecule has 0 spiro atoms. The number of hydrogen-bond acceptors (Lipinski definition) is 4. The Morgan fingerprint density at radius 3 is 2.22 bits per heavy atom. The Bertz CT molecular complexity index is 727. The maximum atomic E-state index is 12.4. The van der Waals surface area contributed by atoms with Crippen LogP contribution in [0.25, 0.3) is 0 Å². The van der Waals surface area contributed by atoms with E-state index in [1.165, 1.54) is 7.11 Å². The summed E-state index contributed by atoms with van der Waals surface area (Å²) in [6, 6.07) is 11.5. The number of hydrogen-bond donors (Lipinski definition) is 1. The highest BCUT2D eigenvalue weighted by Gasteiger charge is 2.12. The van der Waals surface area contributed by atoms with Gasteiger partial charge in [0.15, 0.2) is 0 Å². The molecule has 0 aromatic heterocycles. The number of benzene rings is 2. The number of carbonyl (C=O) groups is 2. The van der Waals surface area contributed by atoms with Crippen LogP contribution in [0, 0.1) is 0 Å². The number of nitrogens with zero attached hydrogens (tertiary/aromatic N) is 1. The second-order valence-electron chi connectivity index (χ2n) is 5.08. The number of nitrogens with one attached hydrogen (secondary N) is 1. The lowest BCUT2D eigenvalue weighted by Gasteiger charge is -2.18. The van der Waals surface area contributed by atoms with Crippen molar-refractivity contribution in [2.45, 2.75) is 0 Å². The van der Waals surface area contributed by atoms with Gasteiger partial charge in [-0.25, -0.2) is 4.79 Å². The second kappa shape index (κ2) is 7.15. The Balaban J connectivity index is 2.22. The summed E-state index contributed by atoms with van der Waals surface area (Å²) in [6.45, 7) is 0. The molecule has 0 saturated carbocycles. The Labute approximate surface area is 139 Å². The zero-order valence-corrected chi connectivity index (χ0v) is 13.8. The SMILES string of the molecule is COC(=O)c1ccc(C(=O)Nc2cc(Cl)ccc2N(C)C)cc1. The normalized spacial score (nSPS) is 10.1. The monoisotopic (exact) mass is 332 g/mol. The summed E-state index contributed by atoms with van der Waals surface area (Å²) in [5.74, 6) is -0.728. The summed E-state index contributed by atoms with van der Waals surface area (Å²) < 4.78 is 4.63. The van der Waals surface area contributed by atoms with Gasteiger partial charge in [0.05, 0.1) is 24.0 Å². The van der Waals surface area contributed by atoms with E-state index in [-0.39, 0.29) is 5.91 Å². The standard InChI is InChI=1S/C17H17ClN2O3/c1-20(2)15-9-8-13(18)10-14(15)19-16(21)11-4-6-12(7-5-11)17(22)23-3/h4-10H,1-3H3,(H,19,21). The van der Waals surface area contributed by atoms with Crippen molar-refractivity contribution in [3.8, 4) is 0 Å². The minimum absolute atomic E-state index is 0.285. The molecule has 0 unspecified atom stereocenters. The van der Waals surface area contributed by atoms with Crippen molar-refractivity contribution in [2.75, 3.05) is 31.4 Å². The predicted molar refractivity (Wildman–Crippen MR) is 91.5 cm³/mol. The first-order valence-corrected chi connectivity index (χ1v) is 7.27. The molecular weight excluding hydrogens is 316 g/mol. The number of anilines is 2. The molecule has 1 N–H and O–H groups in total. The molecule has 2 aromatic rings. The first kappa shape index (κ1) is 16.8. The number of ether oxygens (including phenoxy) is 1. The molecule has 1 amide bonds.